The third-order valence-corrected chi connectivity index (χ3v) is 4.55. The Morgan fingerprint density at radius 2 is 1.50 bits per heavy atom. The minimum absolute atomic E-state index is 0.207. The molecule has 0 spiro atoms. The molecular formula is C22H30O2. The molecule has 130 valence electrons. The Morgan fingerprint density at radius 1 is 0.833 bits per heavy atom. The number of hydrogen-bond donors (Lipinski definition) is 0. The van der Waals surface area contributed by atoms with Crippen LogP contribution in [0.5, 0.6) is 5.75 Å². The lowest BCUT2D eigenvalue weighted by molar-refractivity contribution is -0.0613. The van der Waals surface area contributed by atoms with Crippen molar-refractivity contribution in [3.05, 3.63) is 65.7 Å². The topological polar surface area (TPSA) is 18.5 Å². The Kier molecular flexibility index (Phi) is 7.33. The van der Waals surface area contributed by atoms with E-state index in [9.17, 15) is 0 Å². The lowest BCUT2D eigenvalue weighted by Crippen LogP contribution is -2.15. The van der Waals surface area contributed by atoms with Crippen molar-refractivity contribution in [3.8, 4) is 5.75 Å². The summed E-state index contributed by atoms with van der Waals surface area (Å²) in [5, 5.41) is 0. The zero-order chi connectivity index (χ0) is 17.4. The number of ether oxygens (including phenoxy) is 2. The molecule has 0 aliphatic rings. The van der Waals surface area contributed by atoms with Gasteiger partial charge in [-0.15, -0.1) is 0 Å². The zero-order valence-electron chi connectivity index (χ0n) is 15.4. The third-order valence-electron chi connectivity index (χ3n) is 4.55. The molecule has 24 heavy (non-hydrogen) atoms. The average molecular weight is 326 g/mol. The van der Waals surface area contributed by atoms with Gasteiger partial charge < -0.3 is 9.47 Å². The largest absolute Gasteiger partial charge is 0.465 e. The van der Waals surface area contributed by atoms with Crippen LogP contribution in [-0.2, 0) is 4.74 Å². The smallest absolute Gasteiger partial charge is 0.196 e. The maximum Gasteiger partial charge on any atom is 0.196 e. The van der Waals surface area contributed by atoms with Gasteiger partial charge in [-0.05, 0) is 61.8 Å². The first-order chi connectivity index (χ1) is 11.6. The second-order valence-corrected chi connectivity index (χ2v) is 6.36. The molecule has 0 amide bonds. The second-order valence-electron chi connectivity index (χ2n) is 6.36. The maximum absolute atomic E-state index is 5.75. The van der Waals surface area contributed by atoms with E-state index in [2.05, 4.69) is 68.4 Å². The maximum atomic E-state index is 5.75. The second kappa shape index (κ2) is 9.48. The van der Waals surface area contributed by atoms with E-state index in [-0.39, 0.29) is 6.29 Å². The van der Waals surface area contributed by atoms with Crippen molar-refractivity contribution in [2.45, 2.75) is 58.7 Å². The molecule has 0 radical (unpaired) electrons. The summed E-state index contributed by atoms with van der Waals surface area (Å²) in [5.74, 6) is 1.99. The summed E-state index contributed by atoms with van der Waals surface area (Å²) in [6.07, 6.45) is 2.10. The van der Waals surface area contributed by atoms with Crippen LogP contribution in [0.2, 0.25) is 0 Å². The van der Waals surface area contributed by atoms with Crippen molar-refractivity contribution in [3.63, 3.8) is 0 Å². The van der Waals surface area contributed by atoms with Gasteiger partial charge in [0.1, 0.15) is 5.75 Å². The van der Waals surface area contributed by atoms with E-state index in [1.165, 1.54) is 11.1 Å². The summed E-state index contributed by atoms with van der Waals surface area (Å²) in [6.45, 7) is 9.15. The van der Waals surface area contributed by atoms with Gasteiger partial charge in [-0.25, -0.2) is 0 Å². The molecule has 0 saturated heterocycles. The van der Waals surface area contributed by atoms with Crippen molar-refractivity contribution >= 4 is 0 Å². The van der Waals surface area contributed by atoms with Crippen LogP contribution in [0.4, 0.5) is 0 Å². The van der Waals surface area contributed by atoms with Crippen LogP contribution >= 0.6 is 0 Å². The molecule has 0 fully saturated rings. The van der Waals surface area contributed by atoms with Gasteiger partial charge in [0.2, 0.25) is 0 Å². The first-order valence-corrected chi connectivity index (χ1v) is 9.07. The van der Waals surface area contributed by atoms with Crippen molar-refractivity contribution in [1.29, 1.82) is 0 Å². The normalized spacial score (nSPS) is 14.8. The van der Waals surface area contributed by atoms with Gasteiger partial charge in [-0.1, -0.05) is 56.3 Å². The first-order valence-electron chi connectivity index (χ1n) is 9.07. The molecule has 2 aromatic rings. The van der Waals surface area contributed by atoms with Crippen LogP contribution < -0.4 is 4.74 Å². The summed E-state index contributed by atoms with van der Waals surface area (Å²) >= 11 is 0. The van der Waals surface area contributed by atoms with E-state index in [1.54, 1.807) is 0 Å². The highest BCUT2D eigenvalue weighted by molar-refractivity contribution is 5.30. The predicted molar refractivity (Wildman–Crippen MR) is 101 cm³/mol. The molecule has 2 rings (SSSR count). The van der Waals surface area contributed by atoms with Gasteiger partial charge in [0.25, 0.3) is 0 Å². The highest BCUT2D eigenvalue weighted by Gasteiger charge is 2.15. The summed E-state index contributed by atoms with van der Waals surface area (Å²) in [6, 6.07) is 19.3. The minimum atomic E-state index is -0.207. The standard InChI is InChI=1S/C22H30O2/c1-5-19(16-17(3)20-10-8-7-9-11-20)21-12-14-22(15-13-21)24-18(4)23-6-2/h7-15,17-19H,5-6,16H2,1-4H3. The van der Waals surface area contributed by atoms with Crippen molar-refractivity contribution < 1.29 is 9.47 Å². The van der Waals surface area contributed by atoms with E-state index in [1.807, 2.05) is 13.8 Å². The van der Waals surface area contributed by atoms with Crippen LogP contribution in [-0.4, -0.2) is 12.9 Å². The Bertz CT molecular complexity index is 577. The third kappa shape index (κ3) is 5.38. The Hall–Kier alpha value is -1.80. The van der Waals surface area contributed by atoms with Gasteiger partial charge in [0, 0.05) is 6.61 Å². The summed E-state index contributed by atoms with van der Waals surface area (Å²) in [7, 11) is 0. The first kappa shape index (κ1) is 18.5. The molecular weight excluding hydrogens is 296 g/mol. The van der Waals surface area contributed by atoms with Gasteiger partial charge in [-0.3, -0.25) is 0 Å². The summed E-state index contributed by atoms with van der Waals surface area (Å²) < 4.78 is 11.2. The molecule has 3 unspecified atom stereocenters. The van der Waals surface area contributed by atoms with E-state index >= 15 is 0 Å². The molecule has 0 aliphatic carbocycles. The number of hydrogen-bond acceptors (Lipinski definition) is 2. The molecule has 0 bridgehead atoms. The number of benzene rings is 2. The van der Waals surface area contributed by atoms with Crippen LogP contribution in [0.1, 0.15) is 63.5 Å². The van der Waals surface area contributed by atoms with Crippen molar-refractivity contribution in [2.75, 3.05) is 6.61 Å². The zero-order valence-corrected chi connectivity index (χ0v) is 15.4. The van der Waals surface area contributed by atoms with Gasteiger partial charge in [-0.2, -0.15) is 0 Å². The fraction of sp³-hybridized carbons (Fsp3) is 0.455. The SMILES string of the molecule is CCOC(C)Oc1ccc(C(CC)CC(C)c2ccccc2)cc1. The van der Waals surface area contributed by atoms with Crippen LogP contribution in [0.3, 0.4) is 0 Å². The quantitative estimate of drug-likeness (QED) is 0.516. The number of rotatable bonds is 9. The monoisotopic (exact) mass is 326 g/mol. The van der Waals surface area contributed by atoms with Gasteiger partial charge >= 0.3 is 0 Å². The van der Waals surface area contributed by atoms with Crippen LogP contribution in [0.15, 0.2) is 54.6 Å². The molecule has 3 atom stereocenters. The molecule has 2 heteroatoms. The van der Waals surface area contributed by atoms with E-state index < -0.39 is 0 Å². The Morgan fingerprint density at radius 3 is 2.08 bits per heavy atom. The Balaban J connectivity index is 2.00. The van der Waals surface area contributed by atoms with E-state index in [4.69, 9.17) is 9.47 Å². The van der Waals surface area contributed by atoms with Gasteiger partial charge in [0.05, 0.1) is 0 Å². The average Bonchev–Trinajstić information content (AvgIpc) is 2.61. The molecule has 0 aromatic heterocycles. The van der Waals surface area contributed by atoms with Gasteiger partial charge in [0.15, 0.2) is 6.29 Å². The molecule has 0 N–H and O–H groups in total. The fourth-order valence-electron chi connectivity index (χ4n) is 3.16. The molecule has 0 aliphatic heterocycles. The lowest BCUT2D eigenvalue weighted by Gasteiger charge is -2.21. The molecule has 0 saturated carbocycles. The predicted octanol–water partition coefficient (Wildman–Crippen LogP) is 6.14. The van der Waals surface area contributed by atoms with E-state index in [0.717, 1.165) is 18.6 Å². The van der Waals surface area contributed by atoms with E-state index in [0.29, 0.717) is 18.4 Å². The van der Waals surface area contributed by atoms with Crippen LogP contribution in [0.25, 0.3) is 0 Å². The molecule has 2 aromatic carbocycles. The molecule has 0 heterocycles. The van der Waals surface area contributed by atoms with Crippen molar-refractivity contribution in [1.82, 2.24) is 0 Å². The summed E-state index contributed by atoms with van der Waals surface area (Å²) in [4.78, 5) is 0. The molecule has 2 nitrogen and oxygen atoms in total. The lowest BCUT2D eigenvalue weighted by atomic mass is 9.85. The van der Waals surface area contributed by atoms with Crippen molar-refractivity contribution in [2.24, 2.45) is 0 Å². The highest BCUT2D eigenvalue weighted by atomic mass is 16.7. The summed E-state index contributed by atoms with van der Waals surface area (Å²) in [5.41, 5.74) is 2.80. The van der Waals surface area contributed by atoms with Crippen LogP contribution in [0, 0.1) is 0 Å². The minimum Gasteiger partial charge on any atom is -0.465 e. The highest BCUT2D eigenvalue weighted by Crippen LogP contribution is 2.32. The fourth-order valence-corrected chi connectivity index (χ4v) is 3.16. The Labute approximate surface area is 146 Å².